The summed E-state index contributed by atoms with van der Waals surface area (Å²) in [5.41, 5.74) is 7.69. The van der Waals surface area contributed by atoms with Crippen molar-refractivity contribution in [1.82, 2.24) is 0 Å². The zero-order valence-electron chi connectivity index (χ0n) is 11.1. The van der Waals surface area contributed by atoms with Crippen molar-refractivity contribution in [2.24, 2.45) is 0 Å². The zero-order chi connectivity index (χ0) is 14.4. The highest BCUT2D eigenvalue weighted by atomic mass is 16.5. The highest BCUT2D eigenvalue weighted by Crippen LogP contribution is 2.14. The van der Waals surface area contributed by atoms with Gasteiger partial charge in [0, 0.05) is 11.4 Å². The zero-order valence-corrected chi connectivity index (χ0v) is 11.1. The van der Waals surface area contributed by atoms with Gasteiger partial charge in [-0.25, -0.2) is 4.79 Å². The third kappa shape index (κ3) is 3.91. The number of carbonyl (C=O) groups is 1. The molecule has 0 aromatic heterocycles. The van der Waals surface area contributed by atoms with Crippen LogP contribution >= 0.6 is 0 Å². The van der Waals surface area contributed by atoms with Crippen molar-refractivity contribution < 1.29 is 14.3 Å². The van der Waals surface area contributed by atoms with E-state index in [9.17, 15) is 4.79 Å². The van der Waals surface area contributed by atoms with Crippen LogP contribution in [0.15, 0.2) is 48.5 Å². The summed E-state index contributed by atoms with van der Waals surface area (Å²) in [5, 5.41) is 2.61. The van der Waals surface area contributed by atoms with Crippen LogP contribution in [0.5, 0.6) is 5.75 Å². The molecule has 0 unspecified atom stereocenters. The van der Waals surface area contributed by atoms with Crippen LogP contribution in [0, 0.1) is 0 Å². The molecule has 2 aromatic carbocycles. The van der Waals surface area contributed by atoms with Crippen LogP contribution in [-0.2, 0) is 11.3 Å². The first-order chi connectivity index (χ1) is 9.67. The van der Waals surface area contributed by atoms with Crippen molar-refractivity contribution >= 4 is 17.5 Å². The molecule has 0 saturated carbocycles. The van der Waals surface area contributed by atoms with Crippen molar-refractivity contribution in [3.8, 4) is 5.75 Å². The molecule has 0 heterocycles. The number of carbonyl (C=O) groups excluding carboxylic acids is 1. The Balaban J connectivity index is 1.85. The maximum atomic E-state index is 11.6. The molecular weight excluding hydrogens is 256 g/mol. The van der Waals surface area contributed by atoms with Gasteiger partial charge >= 0.3 is 6.09 Å². The van der Waals surface area contributed by atoms with Crippen LogP contribution in [0.25, 0.3) is 0 Å². The Labute approximate surface area is 117 Å². The first-order valence-corrected chi connectivity index (χ1v) is 6.09. The van der Waals surface area contributed by atoms with Gasteiger partial charge in [-0.2, -0.15) is 0 Å². The van der Waals surface area contributed by atoms with E-state index in [0.717, 1.165) is 11.3 Å². The fraction of sp³-hybridized carbons (Fsp3) is 0.133. The quantitative estimate of drug-likeness (QED) is 0.839. The number of nitrogens with two attached hydrogens (primary N) is 1. The number of nitrogens with one attached hydrogen (secondary N) is 1. The molecule has 0 radical (unpaired) electrons. The van der Waals surface area contributed by atoms with Crippen LogP contribution in [0.1, 0.15) is 5.56 Å². The maximum absolute atomic E-state index is 11.6. The molecule has 1 amide bonds. The number of rotatable bonds is 4. The van der Waals surface area contributed by atoms with Gasteiger partial charge in [0.2, 0.25) is 0 Å². The van der Waals surface area contributed by atoms with Gasteiger partial charge in [0.05, 0.1) is 7.11 Å². The highest BCUT2D eigenvalue weighted by molar-refractivity contribution is 5.85. The molecule has 2 rings (SSSR count). The number of ether oxygens (including phenoxy) is 2. The van der Waals surface area contributed by atoms with E-state index in [1.807, 2.05) is 24.3 Å². The lowest BCUT2D eigenvalue weighted by atomic mass is 10.2. The Morgan fingerprint density at radius 3 is 2.60 bits per heavy atom. The second kappa shape index (κ2) is 6.47. The molecule has 0 saturated heterocycles. The van der Waals surface area contributed by atoms with Gasteiger partial charge in [0.25, 0.3) is 0 Å². The summed E-state index contributed by atoms with van der Waals surface area (Å²) in [5.74, 6) is 0.762. The van der Waals surface area contributed by atoms with E-state index >= 15 is 0 Å². The number of methoxy groups -OCH3 is 1. The molecule has 2 aromatic rings. The van der Waals surface area contributed by atoms with Crippen molar-refractivity contribution in [3.63, 3.8) is 0 Å². The average Bonchev–Trinajstić information content (AvgIpc) is 2.46. The minimum atomic E-state index is -0.522. The van der Waals surface area contributed by atoms with Crippen molar-refractivity contribution in [1.29, 1.82) is 0 Å². The molecule has 0 atom stereocenters. The van der Waals surface area contributed by atoms with E-state index < -0.39 is 6.09 Å². The Morgan fingerprint density at radius 2 is 1.95 bits per heavy atom. The van der Waals surface area contributed by atoms with Crippen molar-refractivity contribution in [2.75, 3.05) is 18.2 Å². The number of hydrogen-bond acceptors (Lipinski definition) is 4. The Morgan fingerprint density at radius 1 is 1.20 bits per heavy atom. The van der Waals surface area contributed by atoms with Crippen molar-refractivity contribution in [3.05, 3.63) is 54.1 Å². The second-order valence-electron chi connectivity index (χ2n) is 4.17. The first-order valence-electron chi connectivity index (χ1n) is 6.09. The smallest absolute Gasteiger partial charge is 0.411 e. The third-order valence-corrected chi connectivity index (χ3v) is 2.66. The van der Waals surface area contributed by atoms with E-state index in [1.54, 1.807) is 31.4 Å². The molecular formula is C15H16N2O3. The Bertz CT molecular complexity index is 582. The lowest BCUT2D eigenvalue weighted by molar-refractivity contribution is 0.155. The standard InChI is InChI=1S/C15H16N2O3/c1-19-14-7-5-11(6-8-14)10-20-15(18)17-13-4-2-3-12(16)9-13/h2-9H,10,16H2,1H3,(H,17,18). The van der Waals surface area contributed by atoms with E-state index in [1.165, 1.54) is 0 Å². The highest BCUT2D eigenvalue weighted by Gasteiger charge is 2.04. The van der Waals surface area contributed by atoms with Crippen LogP contribution in [0.2, 0.25) is 0 Å². The molecule has 0 aliphatic rings. The number of hydrogen-bond donors (Lipinski definition) is 2. The summed E-state index contributed by atoms with van der Waals surface area (Å²) < 4.78 is 10.2. The Hall–Kier alpha value is -2.69. The number of benzene rings is 2. The molecule has 20 heavy (non-hydrogen) atoms. The summed E-state index contributed by atoms with van der Waals surface area (Å²) in [6, 6.07) is 14.2. The molecule has 104 valence electrons. The lowest BCUT2D eigenvalue weighted by Gasteiger charge is -2.08. The third-order valence-electron chi connectivity index (χ3n) is 2.66. The second-order valence-corrected chi connectivity index (χ2v) is 4.17. The Kier molecular flexibility index (Phi) is 4.44. The summed E-state index contributed by atoms with van der Waals surface area (Å²) in [6.07, 6.45) is -0.522. The molecule has 0 bridgehead atoms. The van der Waals surface area contributed by atoms with E-state index in [4.69, 9.17) is 15.2 Å². The first kappa shape index (κ1) is 13.7. The predicted octanol–water partition coefficient (Wildman–Crippen LogP) is 3.03. The molecule has 0 aliphatic carbocycles. The van der Waals surface area contributed by atoms with Gasteiger partial charge < -0.3 is 15.2 Å². The van der Waals surface area contributed by atoms with E-state index in [-0.39, 0.29) is 6.61 Å². The van der Waals surface area contributed by atoms with Crippen LogP contribution in [-0.4, -0.2) is 13.2 Å². The van der Waals surface area contributed by atoms with Crippen molar-refractivity contribution in [2.45, 2.75) is 6.61 Å². The maximum Gasteiger partial charge on any atom is 0.411 e. The largest absolute Gasteiger partial charge is 0.497 e. The molecule has 3 N–H and O–H groups in total. The van der Waals surface area contributed by atoms with Crippen LogP contribution in [0.3, 0.4) is 0 Å². The summed E-state index contributed by atoms with van der Waals surface area (Å²) in [7, 11) is 1.60. The van der Waals surface area contributed by atoms with Crippen LogP contribution < -0.4 is 15.8 Å². The van der Waals surface area contributed by atoms with Gasteiger partial charge in [-0.05, 0) is 35.9 Å². The monoisotopic (exact) mass is 272 g/mol. The lowest BCUT2D eigenvalue weighted by Crippen LogP contribution is -2.13. The van der Waals surface area contributed by atoms with Gasteiger partial charge in [-0.1, -0.05) is 18.2 Å². The number of nitrogen functional groups attached to an aromatic ring is 1. The number of anilines is 2. The molecule has 0 spiro atoms. The minimum absolute atomic E-state index is 0.193. The molecule has 5 heteroatoms. The van der Waals surface area contributed by atoms with Gasteiger partial charge in [0.1, 0.15) is 12.4 Å². The fourth-order valence-corrected chi connectivity index (χ4v) is 1.64. The summed E-state index contributed by atoms with van der Waals surface area (Å²) in [6.45, 7) is 0.193. The molecule has 5 nitrogen and oxygen atoms in total. The topological polar surface area (TPSA) is 73.6 Å². The normalized spacial score (nSPS) is 9.85. The average molecular weight is 272 g/mol. The van der Waals surface area contributed by atoms with Gasteiger partial charge in [-0.3, -0.25) is 5.32 Å². The fourth-order valence-electron chi connectivity index (χ4n) is 1.64. The van der Waals surface area contributed by atoms with Gasteiger partial charge in [-0.15, -0.1) is 0 Å². The number of amides is 1. The SMILES string of the molecule is COc1ccc(COC(=O)Nc2cccc(N)c2)cc1. The molecule has 0 aliphatic heterocycles. The van der Waals surface area contributed by atoms with Gasteiger partial charge in [0.15, 0.2) is 0 Å². The van der Waals surface area contributed by atoms with Crippen LogP contribution in [0.4, 0.5) is 16.2 Å². The minimum Gasteiger partial charge on any atom is -0.497 e. The predicted molar refractivity (Wildman–Crippen MR) is 77.7 cm³/mol. The summed E-state index contributed by atoms with van der Waals surface area (Å²) in [4.78, 5) is 11.6. The van der Waals surface area contributed by atoms with E-state index in [2.05, 4.69) is 5.32 Å². The summed E-state index contributed by atoms with van der Waals surface area (Å²) >= 11 is 0. The molecule has 0 fully saturated rings. The van der Waals surface area contributed by atoms with E-state index in [0.29, 0.717) is 11.4 Å².